The number of piperidine rings is 1. The summed E-state index contributed by atoms with van der Waals surface area (Å²) in [5, 5.41) is 0. The van der Waals surface area contributed by atoms with Gasteiger partial charge in [-0.05, 0) is 56.5 Å². The van der Waals surface area contributed by atoms with Crippen LogP contribution in [0.25, 0.3) is 0 Å². The molecule has 4 heterocycles. The van der Waals surface area contributed by atoms with E-state index in [0.717, 1.165) is 29.2 Å². The van der Waals surface area contributed by atoms with Crippen LogP contribution < -0.4 is 4.90 Å². The molecule has 0 spiro atoms. The van der Waals surface area contributed by atoms with Crippen molar-refractivity contribution in [2.45, 2.75) is 44.2 Å². The van der Waals surface area contributed by atoms with Crippen LogP contribution in [0.2, 0.25) is 0 Å². The lowest BCUT2D eigenvalue weighted by molar-refractivity contribution is 0.0874. The summed E-state index contributed by atoms with van der Waals surface area (Å²) in [6.07, 6.45) is 2.67. The van der Waals surface area contributed by atoms with Crippen molar-refractivity contribution >= 4 is 15.8 Å². The van der Waals surface area contributed by atoms with E-state index in [-0.39, 0.29) is 12.1 Å². The summed E-state index contributed by atoms with van der Waals surface area (Å²) in [5.74, 6) is 1.61. The van der Waals surface area contributed by atoms with Gasteiger partial charge >= 0.3 is 0 Å². The average molecular weight is 358 g/mol. The van der Waals surface area contributed by atoms with Gasteiger partial charge in [0.2, 0.25) is 10.0 Å². The Balaban J connectivity index is 1.57. The Morgan fingerprint density at radius 3 is 2.40 bits per heavy atom. The molecule has 0 aliphatic carbocycles. The number of anilines is 1. The molecule has 5 rings (SSSR count). The molecule has 0 N–H and O–H groups in total. The quantitative estimate of drug-likeness (QED) is 0.840. The number of fused-ring (bicyclic) bond motifs is 2. The van der Waals surface area contributed by atoms with Gasteiger partial charge in [0, 0.05) is 31.4 Å². The number of sulfonamides is 1. The zero-order valence-electron chi connectivity index (χ0n) is 14.7. The molecule has 0 radical (unpaired) electrons. The van der Waals surface area contributed by atoms with Crippen molar-refractivity contribution in [2.75, 3.05) is 18.0 Å². The number of hydrogen-bond acceptors (Lipinski definition) is 5. The topological polar surface area (TPSA) is 66.4 Å². The predicted molar refractivity (Wildman–Crippen MR) is 96.1 cm³/mol. The molecular weight excluding hydrogens is 336 g/mol. The van der Waals surface area contributed by atoms with Gasteiger partial charge in [-0.1, -0.05) is 6.07 Å². The van der Waals surface area contributed by atoms with Gasteiger partial charge < -0.3 is 4.90 Å². The van der Waals surface area contributed by atoms with Gasteiger partial charge in [-0.25, -0.2) is 18.4 Å². The lowest BCUT2D eigenvalue weighted by atomic mass is 9.91. The van der Waals surface area contributed by atoms with Gasteiger partial charge in [0.25, 0.3) is 0 Å². The molecule has 6 nitrogen and oxygen atoms in total. The van der Waals surface area contributed by atoms with E-state index < -0.39 is 10.0 Å². The molecule has 1 aromatic carbocycles. The van der Waals surface area contributed by atoms with E-state index in [1.807, 2.05) is 32.9 Å². The second-order valence-electron chi connectivity index (χ2n) is 6.99. The Morgan fingerprint density at radius 1 is 1.04 bits per heavy atom. The van der Waals surface area contributed by atoms with Crippen molar-refractivity contribution in [2.24, 2.45) is 0 Å². The van der Waals surface area contributed by atoms with E-state index in [2.05, 4.69) is 14.9 Å². The van der Waals surface area contributed by atoms with Crippen molar-refractivity contribution < 1.29 is 8.42 Å². The van der Waals surface area contributed by atoms with Crippen LogP contribution in [-0.4, -0.2) is 47.9 Å². The van der Waals surface area contributed by atoms with Crippen molar-refractivity contribution in [3.8, 4) is 0 Å². The molecule has 2 unspecified atom stereocenters. The second-order valence-corrected chi connectivity index (χ2v) is 8.83. The lowest BCUT2D eigenvalue weighted by Crippen LogP contribution is -2.70. The zero-order valence-corrected chi connectivity index (χ0v) is 15.5. The highest BCUT2D eigenvalue weighted by Crippen LogP contribution is 2.38. The van der Waals surface area contributed by atoms with Gasteiger partial charge in [0.1, 0.15) is 11.6 Å². The minimum atomic E-state index is -3.44. The molecule has 0 amide bonds. The summed E-state index contributed by atoms with van der Waals surface area (Å²) in [4.78, 5) is 11.2. The Kier molecular flexibility index (Phi) is 3.81. The number of benzene rings is 1. The van der Waals surface area contributed by atoms with Crippen LogP contribution in [0.5, 0.6) is 0 Å². The van der Waals surface area contributed by atoms with Crippen LogP contribution >= 0.6 is 0 Å². The standard InChI is InChI=1S/C18H22N4O2S/c1-12-4-5-17(8-13(12)2)25(23,24)22-15-9-16(22)11-21(10-15)18-6-7-19-14(3)20-18/h4-8,15-16H,9-11H2,1-3H3. The van der Waals surface area contributed by atoms with Crippen molar-refractivity contribution in [3.05, 3.63) is 47.4 Å². The summed E-state index contributed by atoms with van der Waals surface area (Å²) >= 11 is 0. The largest absolute Gasteiger partial charge is 0.353 e. The molecule has 3 fully saturated rings. The van der Waals surface area contributed by atoms with E-state index >= 15 is 0 Å². The smallest absolute Gasteiger partial charge is 0.243 e. The van der Waals surface area contributed by atoms with E-state index in [4.69, 9.17) is 0 Å². The average Bonchev–Trinajstić information content (AvgIpc) is 2.57. The van der Waals surface area contributed by atoms with Gasteiger partial charge in [-0.15, -0.1) is 0 Å². The zero-order chi connectivity index (χ0) is 17.8. The third-order valence-electron chi connectivity index (χ3n) is 5.27. The minimum Gasteiger partial charge on any atom is -0.353 e. The maximum atomic E-state index is 13.1. The molecule has 25 heavy (non-hydrogen) atoms. The molecule has 0 saturated carbocycles. The van der Waals surface area contributed by atoms with Crippen LogP contribution in [0.1, 0.15) is 23.4 Å². The minimum absolute atomic E-state index is 0.0145. The Labute approximate surface area is 148 Å². The summed E-state index contributed by atoms with van der Waals surface area (Å²) < 4.78 is 27.8. The highest BCUT2D eigenvalue weighted by molar-refractivity contribution is 7.89. The van der Waals surface area contributed by atoms with E-state index in [1.54, 1.807) is 22.6 Å². The number of rotatable bonds is 3. The van der Waals surface area contributed by atoms with E-state index in [1.165, 1.54) is 0 Å². The Hall–Kier alpha value is -1.99. The number of hydrogen-bond donors (Lipinski definition) is 0. The number of aromatic nitrogens is 2. The Morgan fingerprint density at radius 2 is 1.76 bits per heavy atom. The van der Waals surface area contributed by atoms with Crippen LogP contribution in [0, 0.1) is 20.8 Å². The van der Waals surface area contributed by atoms with Gasteiger partial charge in [0.15, 0.2) is 0 Å². The van der Waals surface area contributed by atoms with Crippen LogP contribution in [-0.2, 0) is 10.0 Å². The summed E-state index contributed by atoms with van der Waals surface area (Å²) in [6, 6.07) is 7.30. The third kappa shape index (κ3) is 2.71. The van der Waals surface area contributed by atoms with Gasteiger partial charge in [-0.2, -0.15) is 4.31 Å². The Bertz CT molecular complexity index is 916. The molecule has 1 aromatic heterocycles. The SMILES string of the molecule is Cc1nccc(N2CC3CC(C2)N3S(=O)(=O)c2ccc(C)c(C)c2)n1. The summed E-state index contributed by atoms with van der Waals surface area (Å²) in [6.45, 7) is 7.16. The molecule has 3 saturated heterocycles. The second kappa shape index (κ2) is 5.78. The van der Waals surface area contributed by atoms with Crippen LogP contribution in [0.4, 0.5) is 5.82 Å². The first-order chi connectivity index (χ1) is 11.9. The van der Waals surface area contributed by atoms with Crippen molar-refractivity contribution in [1.82, 2.24) is 14.3 Å². The molecule has 2 aromatic rings. The number of piperazine rings is 1. The predicted octanol–water partition coefficient (Wildman–Crippen LogP) is 2.05. The van der Waals surface area contributed by atoms with Crippen molar-refractivity contribution in [3.63, 3.8) is 0 Å². The highest BCUT2D eigenvalue weighted by Gasteiger charge is 2.51. The molecule has 7 heteroatoms. The van der Waals surface area contributed by atoms with Gasteiger partial charge in [-0.3, -0.25) is 0 Å². The van der Waals surface area contributed by atoms with Crippen LogP contribution in [0.15, 0.2) is 35.4 Å². The van der Waals surface area contributed by atoms with Gasteiger partial charge in [0.05, 0.1) is 4.90 Å². The summed E-state index contributed by atoms with van der Waals surface area (Å²) in [5.41, 5.74) is 2.11. The third-order valence-corrected chi connectivity index (χ3v) is 7.27. The molecule has 2 atom stereocenters. The molecular formula is C18H22N4O2S. The monoisotopic (exact) mass is 358 g/mol. The lowest BCUT2D eigenvalue weighted by Gasteiger charge is -2.55. The number of aryl methyl sites for hydroxylation is 3. The summed E-state index contributed by atoms with van der Waals surface area (Å²) in [7, 11) is -3.44. The normalized spacial score (nSPS) is 23.4. The molecule has 3 aliphatic rings. The maximum Gasteiger partial charge on any atom is 0.243 e. The first kappa shape index (κ1) is 16.5. The van der Waals surface area contributed by atoms with E-state index in [0.29, 0.717) is 18.0 Å². The fourth-order valence-corrected chi connectivity index (χ4v) is 5.67. The fourth-order valence-electron chi connectivity index (χ4n) is 3.77. The van der Waals surface area contributed by atoms with E-state index in [9.17, 15) is 8.42 Å². The first-order valence-electron chi connectivity index (χ1n) is 8.51. The first-order valence-corrected chi connectivity index (χ1v) is 9.95. The molecule has 132 valence electrons. The molecule has 2 bridgehead atoms. The maximum absolute atomic E-state index is 13.1. The fraction of sp³-hybridized carbons (Fsp3) is 0.444. The highest BCUT2D eigenvalue weighted by atomic mass is 32.2. The van der Waals surface area contributed by atoms with Crippen LogP contribution in [0.3, 0.4) is 0 Å². The number of nitrogens with zero attached hydrogens (tertiary/aromatic N) is 4. The van der Waals surface area contributed by atoms with Crippen molar-refractivity contribution in [1.29, 1.82) is 0 Å². The molecule has 3 aliphatic heterocycles.